The van der Waals surface area contributed by atoms with Gasteiger partial charge in [-0.3, -0.25) is 0 Å². The molecule has 3 atom stereocenters. The molecule has 0 amide bonds. The van der Waals surface area contributed by atoms with E-state index in [-0.39, 0.29) is 12.6 Å². The first kappa shape index (κ1) is 19.5. The van der Waals surface area contributed by atoms with Crippen molar-refractivity contribution in [2.45, 2.75) is 44.2 Å². The minimum absolute atomic E-state index is 0.287. The lowest BCUT2D eigenvalue weighted by Gasteiger charge is -2.21. The summed E-state index contributed by atoms with van der Waals surface area (Å²) in [5, 5.41) is 15.2. The molecule has 0 spiro atoms. The highest BCUT2D eigenvalue weighted by molar-refractivity contribution is 5.86. The van der Waals surface area contributed by atoms with Crippen molar-refractivity contribution >= 4 is 16.7 Å². The van der Waals surface area contributed by atoms with Crippen LogP contribution in [0, 0.1) is 0 Å². The highest BCUT2D eigenvalue weighted by Gasteiger charge is 2.27. The van der Waals surface area contributed by atoms with Gasteiger partial charge in [0, 0.05) is 12.1 Å². The lowest BCUT2D eigenvalue weighted by Crippen LogP contribution is -2.29. The number of hydrogen-bond donors (Lipinski definition) is 2. The molecule has 2 N–H and O–H groups in total. The van der Waals surface area contributed by atoms with Gasteiger partial charge in [-0.1, -0.05) is 54.6 Å². The summed E-state index contributed by atoms with van der Waals surface area (Å²) in [4.78, 5) is 10.7. The standard InChI is InChI=1S/C25H27NO3/c1-17(23-11-5-7-18-6-2-3-10-24(18)23)26-21-13-12-20(14-21)19-8-4-9-22(15-19)29-16-25(27)28/h2-11,15,17,20-21,26H,12-14,16H2,1H3,(H,27,28). The van der Waals surface area contributed by atoms with E-state index in [4.69, 9.17) is 9.84 Å². The third-order valence-corrected chi connectivity index (χ3v) is 5.90. The molecular formula is C25H27NO3. The summed E-state index contributed by atoms with van der Waals surface area (Å²) in [6.45, 7) is 1.94. The molecule has 3 unspecified atom stereocenters. The lowest BCUT2D eigenvalue weighted by molar-refractivity contribution is -0.139. The van der Waals surface area contributed by atoms with E-state index in [0.29, 0.717) is 17.7 Å². The summed E-state index contributed by atoms with van der Waals surface area (Å²) in [5.74, 6) is 0.147. The number of carboxylic acid groups (broad SMARTS) is 1. The van der Waals surface area contributed by atoms with Crippen LogP contribution in [0.2, 0.25) is 0 Å². The Morgan fingerprint density at radius 3 is 2.76 bits per heavy atom. The van der Waals surface area contributed by atoms with Gasteiger partial charge < -0.3 is 15.2 Å². The lowest BCUT2D eigenvalue weighted by atomic mass is 9.96. The summed E-state index contributed by atoms with van der Waals surface area (Å²) >= 11 is 0. The van der Waals surface area contributed by atoms with Crippen LogP contribution in [0.15, 0.2) is 66.7 Å². The largest absolute Gasteiger partial charge is 0.482 e. The minimum atomic E-state index is -0.956. The fraction of sp³-hybridized carbons (Fsp3) is 0.320. The molecule has 0 aromatic heterocycles. The van der Waals surface area contributed by atoms with Crippen molar-refractivity contribution in [3.63, 3.8) is 0 Å². The maximum Gasteiger partial charge on any atom is 0.341 e. The van der Waals surface area contributed by atoms with Gasteiger partial charge in [-0.2, -0.15) is 0 Å². The SMILES string of the molecule is CC(NC1CCC(c2cccc(OCC(=O)O)c2)C1)c1cccc2ccccc12. The smallest absolute Gasteiger partial charge is 0.341 e. The van der Waals surface area contributed by atoms with E-state index in [9.17, 15) is 4.79 Å². The van der Waals surface area contributed by atoms with Crippen molar-refractivity contribution in [1.29, 1.82) is 0 Å². The number of benzene rings is 3. The Bertz CT molecular complexity index is 995. The Kier molecular flexibility index (Phi) is 5.81. The number of nitrogens with one attached hydrogen (secondary N) is 1. The van der Waals surface area contributed by atoms with Crippen molar-refractivity contribution in [3.8, 4) is 5.75 Å². The molecule has 1 aliphatic carbocycles. The van der Waals surface area contributed by atoms with E-state index in [1.54, 1.807) is 0 Å². The number of hydrogen-bond acceptors (Lipinski definition) is 3. The van der Waals surface area contributed by atoms with E-state index >= 15 is 0 Å². The summed E-state index contributed by atoms with van der Waals surface area (Å²) in [6.07, 6.45) is 3.35. The molecule has 4 nitrogen and oxygen atoms in total. The van der Waals surface area contributed by atoms with Crippen molar-refractivity contribution in [2.75, 3.05) is 6.61 Å². The summed E-state index contributed by atoms with van der Waals surface area (Å²) < 4.78 is 5.34. The summed E-state index contributed by atoms with van der Waals surface area (Å²) in [7, 11) is 0. The third kappa shape index (κ3) is 4.60. The normalized spacial score (nSPS) is 19.9. The summed E-state index contributed by atoms with van der Waals surface area (Å²) in [6, 6.07) is 23.7. The molecule has 4 heteroatoms. The van der Waals surface area contributed by atoms with Crippen LogP contribution < -0.4 is 10.1 Å². The van der Waals surface area contributed by atoms with Crippen LogP contribution in [0.1, 0.15) is 49.3 Å². The number of carboxylic acids is 1. The molecule has 0 bridgehead atoms. The van der Waals surface area contributed by atoms with Gasteiger partial charge in [0.05, 0.1) is 0 Å². The Morgan fingerprint density at radius 1 is 1.10 bits per heavy atom. The monoisotopic (exact) mass is 389 g/mol. The first-order chi connectivity index (χ1) is 14.1. The van der Waals surface area contributed by atoms with E-state index in [2.05, 4.69) is 60.8 Å². The molecule has 0 radical (unpaired) electrons. The highest BCUT2D eigenvalue weighted by atomic mass is 16.5. The average molecular weight is 389 g/mol. The topological polar surface area (TPSA) is 58.6 Å². The average Bonchev–Trinajstić information content (AvgIpc) is 3.20. The number of ether oxygens (including phenoxy) is 1. The second-order valence-electron chi connectivity index (χ2n) is 7.92. The van der Waals surface area contributed by atoms with Crippen LogP contribution in [0.5, 0.6) is 5.75 Å². The fourth-order valence-electron chi connectivity index (χ4n) is 4.51. The second-order valence-corrected chi connectivity index (χ2v) is 7.92. The minimum Gasteiger partial charge on any atom is -0.482 e. The van der Waals surface area contributed by atoms with Crippen LogP contribution in [0.4, 0.5) is 0 Å². The van der Waals surface area contributed by atoms with Gasteiger partial charge in [0.15, 0.2) is 6.61 Å². The second kappa shape index (κ2) is 8.66. The van der Waals surface area contributed by atoms with E-state index in [1.165, 1.54) is 21.9 Å². The zero-order valence-electron chi connectivity index (χ0n) is 16.7. The Morgan fingerprint density at radius 2 is 1.90 bits per heavy atom. The predicted molar refractivity (Wildman–Crippen MR) is 115 cm³/mol. The maximum atomic E-state index is 10.7. The van der Waals surface area contributed by atoms with Crippen LogP contribution in [-0.2, 0) is 4.79 Å². The molecule has 0 heterocycles. The maximum absolute atomic E-state index is 10.7. The van der Waals surface area contributed by atoms with Gasteiger partial charge in [0.1, 0.15) is 5.75 Å². The Balaban J connectivity index is 1.41. The molecular weight excluding hydrogens is 362 g/mol. The number of aliphatic carboxylic acids is 1. The van der Waals surface area contributed by atoms with E-state index in [0.717, 1.165) is 19.3 Å². The zero-order chi connectivity index (χ0) is 20.2. The van der Waals surface area contributed by atoms with Crippen molar-refractivity contribution in [2.24, 2.45) is 0 Å². The molecule has 1 saturated carbocycles. The van der Waals surface area contributed by atoms with Crippen molar-refractivity contribution < 1.29 is 14.6 Å². The molecule has 0 saturated heterocycles. The molecule has 1 aliphatic rings. The first-order valence-electron chi connectivity index (χ1n) is 10.3. The number of carbonyl (C=O) groups is 1. The molecule has 3 aromatic rings. The van der Waals surface area contributed by atoms with E-state index in [1.807, 2.05) is 18.2 Å². The van der Waals surface area contributed by atoms with Crippen LogP contribution in [-0.4, -0.2) is 23.7 Å². The predicted octanol–water partition coefficient (Wildman–Crippen LogP) is 5.29. The van der Waals surface area contributed by atoms with Gasteiger partial charge in [-0.25, -0.2) is 4.79 Å². The molecule has 150 valence electrons. The van der Waals surface area contributed by atoms with Crippen molar-refractivity contribution in [3.05, 3.63) is 77.9 Å². The molecule has 29 heavy (non-hydrogen) atoms. The van der Waals surface area contributed by atoms with Gasteiger partial charge >= 0.3 is 5.97 Å². The van der Waals surface area contributed by atoms with Crippen LogP contribution in [0.3, 0.4) is 0 Å². The number of fused-ring (bicyclic) bond motifs is 1. The van der Waals surface area contributed by atoms with Crippen LogP contribution >= 0.6 is 0 Å². The summed E-state index contributed by atoms with van der Waals surface area (Å²) in [5.41, 5.74) is 2.57. The van der Waals surface area contributed by atoms with E-state index < -0.39 is 5.97 Å². The zero-order valence-corrected chi connectivity index (χ0v) is 16.7. The Labute approximate surface area is 171 Å². The molecule has 0 aliphatic heterocycles. The number of rotatable bonds is 7. The highest BCUT2D eigenvalue weighted by Crippen LogP contribution is 2.37. The van der Waals surface area contributed by atoms with Crippen LogP contribution in [0.25, 0.3) is 10.8 Å². The quantitative estimate of drug-likeness (QED) is 0.576. The van der Waals surface area contributed by atoms with Gasteiger partial charge in [0.25, 0.3) is 0 Å². The molecule has 1 fully saturated rings. The molecule has 4 rings (SSSR count). The molecule has 3 aromatic carbocycles. The Hall–Kier alpha value is -2.85. The third-order valence-electron chi connectivity index (χ3n) is 5.90. The van der Waals surface area contributed by atoms with Gasteiger partial charge in [0.2, 0.25) is 0 Å². The van der Waals surface area contributed by atoms with Crippen molar-refractivity contribution in [1.82, 2.24) is 5.32 Å². The van der Waals surface area contributed by atoms with Gasteiger partial charge in [-0.05, 0) is 66.1 Å². The van der Waals surface area contributed by atoms with Gasteiger partial charge in [-0.15, -0.1) is 0 Å². The fourth-order valence-corrected chi connectivity index (χ4v) is 4.51. The first-order valence-corrected chi connectivity index (χ1v) is 10.3.